The van der Waals surface area contributed by atoms with E-state index in [0.29, 0.717) is 40.3 Å². The van der Waals surface area contributed by atoms with Gasteiger partial charge < -0.3 is 30.1 Å². The number of ether oxygens (including phenoxy) is 2. The fraction of sp³-hybridized carbons (Fsp3) is 0.379. The lowest BCUT2D eigenvalue weighted by Gasteiger charge is -2.34. The summed E-state index contributed by atoms with van der Waals surface area (Å²) in [7, 11) is 1.60. The predicted octanol–water partition coefficient (Wildman–Crippen LogP) is 3.54. The van der Waals surface area contributed by atoms with Crippen LogP contribution in [0.25, 0.3) is 10.9 Å². The topological polar surface area (TPSA) is 125 Å². The number of aliphatic hydroxyl groups is 1. The molecule has 42 heavy (non-hydrogen) atoms. The van der Waals surface area contributed by atoms with Crippen molar-refractivity contribution in [2.24, 2.45) is 0 Å². The highest BCUT2D eigenvalue weighted by Crippen LogP contribution is 2.35. The number of hydrogen-bond acceptors (Lipinski definition) is 11. The van der Waals surface area contributed by atoms with E-state index in [1.807, 2.05) is 12.1 Å². The molecule has 0 saturated carbocycles. The van der Waals surface area contributed by atoms with Gasteiger partial charge in [0.2, 0.25) is 5.91 Å². The number of piperazine rings is 1. The van der Waals surface area contributed by atoms with Crippen molar-refractivity contribution in [2.75, 3.05) is 70.2 Å². The van der Waals surface area contributed by atoms with Gasteiger partial charge in [0.1, 0.15) is 18.0 Å². The monoisotopic (exact) mass is 595 g/mol. The number of benzene rings is 2. The lowest BCUT2D eigenvalue weighted by molar-refractivity contribution is -0.115. The van der Waals surface area contributed by atoms with Crippen molar-refractivity contribution < 1.29 is 23.8 Å². The minimum atomic E-state index is -0.412. The van der Waals surface area contributed by atoms with Crippen molar-refractivity contribution in [3.63, 3.8) is 0 Å². The SMILES string of the molecule is COc1cc2c(Nc3ncc(CC(=O)Nc4cccc(F)c4)s3)ncnc2cc1OCCCN1CCN(CCO)CC1. The standard InChI is InChI=1S/C29H34FN7O4S/c1-40-25-16-23-24(17-26(25)41-13-3-6-36-7-9-37(10-8-36)11-12-38)32-19-33-28(23)35-29-31-18-22(42-29)15-27(39)34-21-5-2-4-20(30)14-21/h2,4-5,14,16-19,38H,3,6-13,15H2,1H3,(H,34,39)(H,31,32,33,35). The molecule has 13 heteroatoms. The van der Waals surface area contributed by atoms with Gasteiger partial charge >= 0.3 is 0 Å². The first-order valence-corrected chi connectivity index (χ1v) is 14.6. The molecule has 3 heterocycles. The number of amides is 1. The number of aromatic nitrogens is 3. The van der Waals surface area contributed by atoms with Crippen molar-refractivity contribution in [1.82, 2.24) is 24.8 Å². The van der Waals surface area contributed by atoms with E-state index in [4.69, 9.17) is 14.6 Å². The van der Waals surface area contributed by atoms with Crippen LogP contribution in [-0.2, 0) is 11.2 Å². The largest absolute Gasteiger partial charge is 0.493 e. The summed E-state index contributed by atoms with van der Waals surface area (Å²) in [5, 5.41) is 16.3. The van der Waals surface area contributed by atoms with Gasteiger partial charge in [-0.3, -0.25) is 9.69 Å². The number of methoxy groups -OCH3 is 1. The van der Waals surface area contributed by atoms with Gasteiger partial charge in [-0.15, -0.1) is 11.3 Å². The summed E-state index contributed by atoms with van der Waals surface area (Å²) in [6.45, 7) is 6.38. The zero-order valence-corrected chi connectivity index (χ0v) is 24.2. The van der Waals surface area contributed by atoms with Gasteiger partial charge in [0, 0.05) is 67.5 Å². The summed E-state index contributed by atoms with van der Waals surface area (Å²) in [5.74, 6) is 1.07. The van der Waals surface area contributed by atoms with Crippen LogP contribution in [0.4, 0.5) is 21.0 Å². The molecule has 1 fully saturated rings. The first kappa shape index (κ1) is 29.6. The average molecular weight is 596 g/mol. The Balaban J connectivity index is 1.17. The summed E-state index contributed by atoms with van der Waals surface area (Å²) in [4.78, 5) is 31.1. The fourth-order valence-corrected chi connectivity index (χ4v) is 5.57. The van der Waals surface area contributed by atoms with Gasteiger partial charge in [0.15, 0.2) is 16.6 Å². The number of thiazole rings is 1. The second-order valence-electron chi connectivity index (χ2n) is 9.84. The van der Waals surface area contributed by atoms with Crippen LogP contribution >= 0.6 is 11.3 Å². The number of halogens is 1. The Morgan fingerprint density at radius 2 is 1.88 bits per heavy atom. The second-order valence-corrected chi connectivity index (χ2v) is 11.0. The summed E-state index contributed by atoms with van der Waals surface area (Å²) < 4.78 is 25.1. The molecule has 4 aromatic rings. The van der Waals surface area contributed by atoms with Crippen LogP contribution in [0.5, 0.6) is 11.5 Å². The highest BCUT2D eigenvalue weighted by molar-refractivity contribution is 7.15. The maximum absolute atomic E-state index is 13.4. The Morgan fingerprint density at radius 3 is 2.64 bits per heavy atom. The molecular weight excluding hydrogens is 561 g/mol. The first-order valence-electron chi connectivity index (χ1n) is 13.8. The Kier molecular flexibility index (Phi) is 10.1. The molecule has 3 N–H and O–H groups in total. The van der Waals surface area contributed by atoms with Gasteiger partial charge in [-0.05, 0) is 30.7 Å². The van der Waals surface area contributed by atoms with Crippen LogP contribution in [0.15, 0.2) is 48.9 Å². The molecule has 0 bridgehead atoms. The Labute approximate surface area is 247 Å². The van der Waals surface area contributed by atoms with Gasteiger partial charge in [-0.25, -0.2) is 19.3 Å². The Bertz CT molecular complexity index is 1500. The number of β-amino-alcohol motifs (C(OH)–C–C–N with tert-alkyl or cyclic N) is 1. The van der Waals surface area contributed by atoms with Crippen LogP contribution < -0.4 is 20.1 Å². The van der Waals surface area contributed by atoms with Crippen molar-refractivity contribution in [2.45, 2.75) is 12.8 Å². The molecule has 2 aromatic carbocycles. The number of carbonyl (C=O) groups is 1. The third-order valence-electron chi connectivity index (χ3n) is 6.90. The Hall–Kier alpha value is -3.91. The number of aliphatic hydroxyl groups excluding tert-OH is 1. The van der Waals surface area contributed by atoms with Crippen molar-refractivity contribution in [1.29, 1.82) is 0 Å². The van der Waals surface area contributed by atoms with Crippen LogP contribution in [-0.4, -0.2) is 95.4 Å². The van der Waals surface area contributed by atoms with E-state index in [2.05, 4.69) is 35.4 Å². The molecule has 11 nitrogen and oxygen atoms in total. The molecule has 1 aliphatic rings. The predicted molar refractivity (Wildman–Crippen MR) is 160 cm³/mol. The third-order valence-corrected chi connectivity index (χ3v) is 7.81. The first-order chi connectivity index (χ1) is 20.5. The molecule has 0 aliphatic carbocycles. The highest BCUT2D eigenvalue weighted by Gasteiger charge is 2.17. The summed E-state index contributed by atoms with van der Waals surface area (Å²) in [6, 6.07) is 9.46. The molecule has 0 unspecified atom stereocenters. The third kappa shape index (κ3) is 7.88. The number of nitrogens with zero attached hydrogens (tertiary/aromatic N) is 5. The quantitative estimate of drug-likeness (QED) is 0.198. The molecule has 1 saturated heterocycles. The minimum Gasteiger partial charge on any atom is -0.493 e. The lowest BCUT2D eigenvalue weighted by Crippen LogP contribution is -2.47. The molecule has 0 atom stereocenters. The molecule has 1 aliphatic heterocycles. The zero-order valence-electron chi connectivity index (χ0n) is 23.4. The molecule has 2 aromatic heterocycles. The summed E-state index contributed by atoms with van der Waals surface area (Å²) in [5.41, 5.74) is 1.09. The van der Waals surface area contributed by atoms with Crippen molar-refractivity contribution >= 4 is 44.8 Å². The van der Waals surface area contributed by atoms with E-state index < -0.39 is 5.82 Å². The number of anilines is 3. The molecule has 222 valence electrons. The van der Waals surface area contributed by atoms with Crippen LogP contribution in [0, 0.1) is 5.82 Å². The molecule has 0 spiro atoms. The van der Waals surface area contributed by atoms with Crippen LogP contribution in [0.2, 0.25) is 0 Å². The minimum absolute atomic E-state index is 0.106. The van der Waals surface area contributed by atoms with E-state index >= 15 is 0 Å². The van der Waals surface area contributed by atoms with Gasteiger partial charge in [0.25, 0.3) is 0 Å². The Morgan fingerprint density at radius 1 is 1.07 bits per heavy atom. The normalized spacial score (nSPS) is 14.2. The van der Waals surface area contributed by atoms with Gasteiger partial charge in [-0.2, -0.15) is 0 Å². The highest BCUT2D eigenvalue weighted by atomic mass is 32.1. The van der Waals surface area contributed by atoms with Crippen LogP contribution in [0.1, 0.15) is 11.3 Å². The number of rotatable bonds is 13. The van der Waals surface area contributed by atoms with Crippen LogP contribution in [0.3, 0.4) is 0 Å². The van der Waals surface area contributed by atoms with Gasteiger partial charge in [-0.1, -0.05) is 6.07 Å². The summed E-state index contributed by atoms with van der Waals surface area (Å²) in [6.07, 6.45) is 4.08. The van der Waals surface area contributed by atoms with E-state index in [1.54, 1.807) is 25.4 Å². The number of fused-ring (bicyclic) bond motifs is 1. The van der Waals surface area contributed by atoms with Crippen molar-refractivity contribution in [3.05, 3.63) is 59.6 Å². The molecule has 1 amide bonds. The molecule has 0 radical (unpaired) electrons. The van der Waals surface area contributed by atoms with E-state index in [-0.39, 0.29) is 18.9 Å². The smallest absolute Gasteiger partial charge is 0.229 e. The number of carbonyl (C=O) groups excluding carboxylic acids is 1. The fourth-order valence-electron chi connectivity index (χ4n) is 4.76. The maximum Gasteiger partial charge on any atom is 0.229 e. The van der Waals surface area contributed by atoms with Gasteiger partial charge in [0.05, 0.1) is 32.3 Å². The van der Waals surface area contributed by atoms with E-state index in [0.717, 1.165) is 56.0 Å². The second kappa shape index (κ2) is 14.3. The number of nitrogens with one attached hydrogen (secondary N) is 2. The average Bonchev–Trinajstić information content (AvgIpc) is 3.42. The van der Waals surface area contributed by atoms with Crippen molar-refractivity contribution in [3.8, 4) is 11.5 Å². The van der Waals surface area contributed by atoms with E-state index in [1.165, 1.54) is 29.8 Å². The maximum atomic E-state index is 13.4. The zero-order chi connectivity index (χ0) is 29.3. The summed E-state index contributed by atoms with van der Waals surface area (Å²) >= 11 is 1.33. The molecular formula is C29H34FN7O4S. The molecule has 5 rings (SSSR count). The lowest BCUT2D eigenvalue weighted by atomic mass is 10.2. The number of hydrogen-bond donors (Lipinski definition) is 3. The van der Waals surface area contributed by atoms with E-state index in [9.17, 15) is 9.18 Å².